The Kier molecular flexibility index (Phi) is 5.57. The predicted octanol–water partition coefficient (Wildman–Crippen LogP) is 2.25. The van der Waals surface area contributed by atoms with Crippen LogP contribution in [0.2, 0.25) is 0 Å². The van der Waals surface area contributed by atoms with Gasteiger partial charge in [0.25, 0.3) is 0 Å². The molecule has 0 radical (unpaired) electrons. The molecule has 0 amide bonds. The molecule has 2 aromatic carbocycles. The van der Waals surface area contributed by atoms with E-state index in [2.05, 4.69) is 0 Å². The van der Waals surface area contributed by atoms with Crippen LogP contribution in [0.4, 0.5) is 0 Å². The molecule has 2 unspecified atom stereocenters. The number of hydrogen-bond donors (Lipinski definition) is 2. The molecule has 0 spiro atoms. The highest BCUT2D eigenvalue weighted by Crippen LogP contribution is 2.16. The van der Waals surface area contributed by atoms with Crippen molar-refractivity contribution in [2.45, 2.75) is 26.0 Å². The molecule has 112 valence electrons. The van der Waals surface area contributed by atoms with Crippen molar-refractivity contribution in [3.05, 3.63) is 59.7 Å². The van der Waals surface area contributed by atoms with Crippen LogP contribution in [-0.2, 0) is 17.6 Å². The summed E-state index contributed by atoms with van der Waals surface area (Å²) in [4.78, 5) is 9.02. The van der Waals surface area contributed by atoms with E-state index in [1.165, 1.54) is 5.56 Å². The molecule has 0 saturated carbocycles. The third-order valence-corrected chi connectivity index (χ3v) is 3.91. The summed E-state index contributed by atoms with van der Waals surface area (Å²) in [7, 11) is -2.61. The quantitative estimate of drug-likeness (QED) is 0.803. The van der Waals surface area contributed by atoms with Gasteiger partial charge in [-0.1, -0.05) is 24.3 Å². The fourth-order valence-corrected chi connectivity index (χ4v) is 2.46. The minimum Gasteiger partial charge on any atom is -0.489 e. The number of nitrogens with two attached hydrogens (primary N) is 1. The fourth-order valence-electron chi connectivity index (χ4n) is 2.00. The number of benzene rings is 2. The highest BCUT2D eigenvalue weighted by atomic mass is 31.1. The second-order valence-corrected chi connectivity index (χ2v) is 6.30. The zero-order valence-electron chi connectivity index (χ0n) is 12.0. The van der Waals surface area contributed by atoms with Crippen LogP contribution in [0.25, 0.3) is 0 Å². The zero-order chi connectivity index (χ0) is 15.2. The molecule has 4 nitrogen and oxygen atoms in total. The molecule has 0 bridgehead atoms. The summed E-state index contributed by atoms with van der Waals surface area (Å²) in [6.07, 6.45) is 0.849. The topological polar surface area (TPSA) is 72.5 Å². The Labute approximate surface area is 125 Å². The Balaban J connectivity index is 1.91. The summed E-state index contributed by atoms with van der Waals surface area (Å²) < 4.78 is 16.6. The SMILES string of the molecule is CC(N)Cc1ccc(OCc2ccc([PH](=O)O)cc2)cc1. The van der Waals surface area contributed by atoms with Crippen LogP contribution in [-0.4, -0.2) is 10.9 Å². The van der Waals surface area contributed by atoms with Gasteiger partial charge in [-0.2, -0.15) is 0 Å². The minimum absolute atomic E-state index is 0.147. The van der Waals surface area contributed by atoms with Crippen molar-refractivity contribution >= 4 is 13.3 Å². The van der Waals surface area contributed by atoms with Gasteiger partial charge in [-0.25, -0.2) is 0 Å². The van der Waals surface area contributed by atoms with E-state index in [0.717, 1.165) is 17.7 Å². The first-order valence-electron chi connectivity index (χ1n) is 6.84. The summed E-state index contributed by atoms with van der Waals surface area (Å²) in [6.45, 7) is 2.41. The van der Waals surface area contributed by atoms with Crippen LogP contribution >= 0.6 is 8.03 Å². The smallest absolute Gasteiger partial charge is 0.218 e. The first-order valence-corrected chi connectivity index (χ1v) is 8.19. The molecule has 0 aliphatic rings. The summed E-state index contributed by atoms with van der Waals surface area (Å²) in [5.74, 6) is 0.795. The molecule has 2 rings (SSSR count). The Morgan fingerprint density at radius 3 is 2.19 bits per heavy atom. The van der Waals surface area contributed by atoms with Crippen molar-refractivity contribution in [2.24, 2.45) is 5.73 Å². The highest BCUT2D eigenvalue weighted by Gasteiger charge is 2.01. The third kappa shape index (κ3) is 5.01. The van der Waals surface area contributed by atoms with Gasteiger partial charge in [-0.15, -0.1) is 0 Å². The normalized spacial score (nSPS) is 13.7. The van der Waals surface area contributed by atoms with Crippen LogP contribution in [0.1, 0.15) is 18.1 Å². The van der Waals surface area contributed by atoms with Gasteiger partial charge in [-0.3, -0.25) is 4.57 Å². The van der Waals surface area contributed by atoms with Crippen LogP contribution in [0.5, 0.6) is 5.75 Å². The lowest BCUT2D eigenvalue weighted by Gasteiger charge is -2.09. The average molecular weight is 305 g/mol. The Morgan fingerprint density at radius 2 is 1.67 bits per heavy atom. The Morgan fingerprint density at radius 1 is 1.10 bits per heavy atom. The van der Waals surface area contributed by atoms with E-state index in [1.54, 1.807) is 24.3 Å². The lowest BCUT2D eigenvalue weighted by Crippen LogP contribution is -2.17. The first-order chi connectivity index (χ1) is 10.0. The Hall–Kier alpha value is -1.61. The lowest BCUT2D eigenvalue weighted by atomic mass is 10.1. The van der Waals surface area contributed by atoms with Gasteiger partial charge in [0.15, 0.2) is 0 Å². The van der Waals surface area contributed by atoms with Crippen molar-refractivity contribution in [3.8, 4) is 5.75 Å². The predicted molar refractivity (Wildman–Crippen MR) is 85.4 cm³/mol. The van der Waals surface area contributed by atoms with E-state index in [9.17, 15) is 4.57 Å². The summed E-state index contributed by atoms with van der Waals surface area (Å²) in [5.41, 5.74) is 7.91. The van der Waals surface area contributed by atoms with Gasteiger partial charge in [0.1, 0.15) is 12.4 Å². The molecule has 3 N–H and O–H groups in total. The molecule has 0 aliphatic heterocycles. The summed E-state index contributed by atoms with van der Waals surface area (Å²) in [6, 6.07) is 15.0. The molecule has 0 heterocycles. The summed E-state index contributed by atoms with van der Waals surface area (Å²) >= 11 is 0. The standard InChI is InChI=1S/C16H20NO3P/c1-12(17)10-13-2-6-15(7-3-13)20-11-14-4-8-16(9-5-14)21(18)19/h2-9,12,21H,10-11,17H2,1H3,(H,18,19). The first kappa shape index (κ1) is 15.8. The van der Waals surface area contributed by atoms with Crippen LogP contribution in [0.15, 0.2) is 48.5 Å². The highest BCUT2D eigenvalue weighted by molar-refractivity contribution is 7.47. The van der Waals surface area contributed by atoms with E-state index in [1.807, 2.05) is 31.2 Å². The number of rotatable bonds is 6. The molecule has 5 heteroatoms. The van der Waals surface area contributed by atoms with Crippen LogP contribution < -0.4 is 15.8 Å². The minimum atomic E-state index is -2.61. The molecular weight excluding hydrogens is 285 g/mol. The van der Waals surface area contributed by atoms with Crippen molar-refractivity contribution in [3.63, 3.8) is 0 Å². The van der Waals surface area contributed by atoms with E-state index < -0.39 is 8.03 Å². The second kappa shape index (κ2) is 7.41. The largest absolute Gasteiger partial charge is 0.489 e. The van der Waals surface area contributed by atoms with Crippen molar-refractivity contribution in [1.29, 1.82) is 0 Å². The van der Waals surface area contributed by atoms with Gasteiger partial charge in [0.05, 0.1) is 0 Å². The summed E-state index contributed by atoms with van der Waals surface area (Å²) in [5, 5.41) is 0.462. The van der Waals surface area contributed by atoms with Gasteiger partial charge in [-0.05, 0) is 48.7 Å². The third-order valence-electron chi connectivity index (χ3n) is 3.09. The molecule has 21 heavy (non-hydrogen) atoms. The van der Waals surface area contributed by atoms with E-state index in [-0.39, 0.29) is 6.04 Å². The van der Waals surface area contributed by atoms with E-state index in [0.29, 0.717) is 11.9 Å². The maximum Gasteiger partial charge on any atom is 0.218 e. The van der Waals surface area contributed by atoms with Crippen molar-refractivity contribution in [1.82, 2.24) is 0 Å². The van der Waals surface area contributed by atoms with E-state index in [4.69, 9.17) is 15.4 Å². The molecule has 0 fully saturated rings. The van der Waals surface area contributed by atoms with Crippen LogP contribution in [0, 0.1) is 0 Å². The molecule has 0 aliphatic carbocycles. The molecule has 0 aromatic heterocycles. The second-order valence-electron chi connectivity index (χ2n) is 5.12. The van der Waals surface area contributed by atoms with Gasteiger partial charge in [0.2, 0.25) is 8.03 Å². The molecule has 2 aromatic rings. The number of hydrogen-bond acceptors (Lipinski definition) is 3. The lowest BCUT2D eigenvalue weighted by molar-refractivity contribution is 0.306. The maximum atomic E-state index is 10.9. The maximum absolute atomic E-state index is 10.9. The van der Waals surface area contributed by atoms with Gasteiger partial charge >= 0.3 is 0 Å². The van der Waals surface area contributed by atoms with Crippen molar-refractivity contribution in [2.75, 3.05) is 0 Å². The van der Waals surface area contributed by atoms with Gasteiger partial charge < -0.3 is 15.4 Å². The van der Waals surface area contributed by atoms with E-state index >= 15 is 0 Å². The fraction of sp³-hybridized carbons (Fsp3) is 0.250. The molecule has 2 atom stereocenters. The van der Waals surface area contributed by atoms with Gasteiger partial charge in [0, 0.05) is 11.3 Å². The average Bonchev–Trinajstić information content (AvgIpc) is 2.46. The molecular formula is C16H20NO3P. The molecule has 0 saturated heterocycles. The van der Waals surface area contributed by atoms with Crippen LogP contribution in [0.3, 0.4) is 0 Å². The Bertz CT molecular complexity index is 594. The number of ether oxygens (including phenoxy) is 1. The van der Waals surface area contributed by atoms with Crippen molar-refractivity contribution < 1.29 is 14.2 Å². The zero-order valence-corrected chi connectivity index (χ0v) is 13.0. The monoisotopic (exact) mass is 305 g/mol.